The van der Waals surface area contributed by atoms with Gasteiger partial charge in [0.05, 0.1) is 12.0 Å². The summed E-state index contributed by atoms with van der Waals surface area (Å²) < 4.78 is 10.5. The fourth-order valence-corrected chi connectivity index (χ4v) is 2.25. The van der Waals surface area contributed by atoms with Gasteiger partial charge in [-0.1, -0.05) is 6.07 Å². The summed E-state index contributed by atoms with van der Waals surface area (Å²) in [4.78, 5) is 13.8. The van der Waals surface area contributed by atoms with Crippen LogP contribution in [0.1, 0.15) is 31.7 Å². The van der Waals surface area contributed by atoms with Crippen LogP contribution in [0.15, 0.2) is 18.2 Å². The molecule has 0 saturated heterocycles. The summed E-state index contributed by atoms with van der Waals surface area (Å²) in [7, 11) is 0. The molecule has 1 aromatic rings. The minimum Gasteiger partial charge on any atom is -0.454 e. The first kappa shape index (κ1) is 14.2. The molecule has 1 aromatic carbocycles. The smallest absolute Gasteiger partial charge is 0.231 e. The highest BCUT2D eigenvalue weighted by atomic mass is 16.7. The van der Waals surface area contributed by atoms with Gasteiger partial charge in [0.1, 0.15) is 0 Å². The maximum Gasteiger partial charge on any atom is 0.231 e. The molecule has 1 heterocycles. The van der Waals surface area contributed by atoms with Gasteiger partial charge in [0.2, 0.25) is 12.7 Å². The molecule has 0 fully saturated rings. The minimum atomic E-state index is -0.461. The van der Waals surface area contributed by atoms with Gasteiger partial charge < -0.3 is 14.4 Å². The molecule has 0 radical (unpaired) electrons. The number of ether oxygens (including phenoxy) is 2. The second-order valence-corrected chi connectivity index (χ2v) is 4.56. The van der Waals surface area contributed by atoms with Crippen LogP contribution >= 0.6 is 0 Å². The Hall–Kier alpha value is -2.22. The molecule has 5 nitrogen and oxygen atoms in total. The molecule has 1 atom stereocenters. The molecule has 1 unspecified atom stereocenters. The summed E-state index contributed by atoms with van der Waals surface area (Å²) in [5, 5.41) is 9.31. The number of benzene rings is 1. The average molecular weight is 274 g/mol. The molecule has 106 valence electrons. The lowest BCUT2D eigenvalue weighted by Gasteiger charge is -2.20. The molecule has 20 heavy (non-hydrogen) atoms. The van der Waals surface area contributed by atoms with Crippen LogP contribution in [0.4, 0.5) is 0 Å². The predicted molar refractivity (Wildman–Crippen MR) is 73.5 cm³/mol. The van der Waals surface area contributed by atoms with Crippen molar-refractivity contribution in [3.63, 3.8) is 0 Å². The maximum absolute atomic E-state index is 12.1. The lowest BCUT2D eigenvalue weighted by atomic mass is 9.96. The lowest BCUT2D eigenvalue weighted by molar-refractivity contribution is -0.130. The number of nitrogens with zero attached hydrogens (tertiary/aromatic N) is 2. The van der Waals surface area contributed by atoms with Crippen molar-refractivity contribution in [2.24, 2.45) is 0 Å². The van der Waals surface area contributed by atoms with E-state index in [2.05, 4.69) is 6.07 Å². The Morgan fingerprint density at radius 3 is 2.70 bits per heavy atom. The number of carbonyl (C=O) groups excluding carboxylic acids is 1. The van der Waals surface area contributed by atoms with Crippen LogP contribution in [0.25, 0.3) is 0 Å². The van der Waals surface area contributed by atoms with Crippen molar-refractivity contribution in [2.45, 2.75) is 26.2 Å². The number of fused-ring (bicyclic) bond motifs is 1. The summed E-state index contributed by atoms with van der Waals surface area (Å²) in [5.41, 5.74) is 0.789. The summed E-state index contributed by atoms with van der Waals surface area (Å²) in [5.74, 6) is 0.857. The Balaban J connectivity index is 2.13. The van der Waals surface area contributed by atoms with E-state index in [-0.39, 0.29) is 19.1 Å². The first-order valence-corrected chi connectivity index (χ1v) is 6.76. The molecule has 2 rings (SSSR count). The Morgan fingerprint density at radius 1 is 1.35 bits per heavy atom. The lowest BCUT2D eigenvalue weighted by Crippen LogP contribution is -2.31. The van der Waals surface area contributed by atoms with Crippen molar-refractivity contribution in [3.8, 4) is 17.6 Å². The van der Waals surface area contributed by atoms with E-state index < -0.39 is 5.92 Å². The largest absolute Gasteiger partial charge is 0.454 e. The van der Waals surface area contributed by atoms with Gasteiger partial charge in [-0.05, 0) is 31.5 Å². The van der Waals surface area contributed by atoms with Crippen LogP contribution in [0.5, 0.6) is 11.5 Å². The van der Waals surface area contributed by atoms with Crippen LogP contribution in [0, 0.1) is 11.3 Å². The van der Waals surface area contributed by atoms with Crippen LogP contribution in [-0.4, -0.2) is 30.7 Å². The minimum absolute atomic E-state index is 0.000725. The molecule has 0 aliphatic carbocycles. The number of hydrogen-bond donors (Lipinski definition) is 0. The number of amides is 1. The van der Waals surface area contributed by atoms with Gasteiger partial charge in [-0.3, -0.25) is 4.79 Å². The third-order valence-electron chi connectivity index (χ3n) is 3.45. The molecule has 0 bridgehead atoms. The Labute approximate surface area is 118 Å². The van der Waals surface area contributed by atoms with Gasteiger partial charge in [0.15, 0.2) is 11.5 Å². The molecule has 1 amide bonds. The van der Waals surface area contributed by atoms with Gasteiger partial charge in [0, 0.05) is 19.5 Å². The first-order chi connectivity index (χ1) is 9.69. The SMILES string of the molecule is CCN(CC)C(=O)CC(C#N)c1ccc2c(c1)OCO2. The summed E-state index contributed by atoms with van der Waals surface area (Å²) in [6, 6.07) is 7.58. The molecule has 1 aliphatic heterocycles. The van der Waals surface area contributed by atoms with Gasteiger partial charge in [0.25, 0.3) is 0 Å². The fraction of sp³-hybridized carbons (Fsp3) is 0.467. The van der Waals surface area contributed by atoms with Crippen LogP contribution in [0.3, 0.4) is 0 Å². The second-order valence-electron chi connectivity index (χ2n) is 4.56. The van der Waals surface area contributed by atoms with Gasteiger partial charge in [-0.2, -0.15) is 5.26 Å². The third kappa shape index (κ3) is 2.85. The van der Waals surface area contributed by atoms with Crippen molar-refractivity contribution in [3.05, 3.63) is 23.8 Å². The van der Waals surface area contributed by atoms with Crippen molar-refractivity contribution >= 4 is 5.91 Å². The second kappa shape index (κ2) is 6.29. The predicted octanol–water partition coefficient (Wildman–Crippen LogP) is 2.28. The summed E-state index contributed by atoms with van der Waals surface area (Å²) >= 11 is 0. The maximum atomic E-state index is 12.1. The van der Waals surface area contributed by atoms with Crippen molar-refractivity contribution in [1.82, 2.24) is 4.90 Å². The number of nitriles is 1. The third-order valence-corrected chi connectivity index (χ3v) is 3.45. The molecule has 0 aromatic heterocycles. The van der Waals surface area contributed by atoms with Crippen molar-refractivity contribution in [2.75, 3.05) is 19.9 Å². The average Bonchev–Trinajstić information content (AvgIpc) is 2.93. The van der Waals surface area contributed by atoms with E-state index in [0.29, 0.717) is 24.6 Å². The van der Waals surface area contributed by atoms with E-state index in [9.17, 15) is 10.1 Å². The van der Waals surface area contributed by atoms with E-state index in [1.165, 1.54) is 0 Å². The Kier molecular flexibility index (Phi) is 4.46. The standard InChI is InChI=1S/C15H18N2O3/c1-3-17(4-2)15(18)8-12(9-16)11-5-6-13-14(7-11)20-10-19-13/h5-7,12H,3-4,8,10H2,1-2H3. The first-order valence-electron chi connectivity index (χ1n) is 6.76. The highest BCUT2D eigenvalue weighted by Crippen LogP contribution is 2.35. The van der Waals surface area contributed by atoms with E-state index in [0.717, 1.165) is 5.56 Å². The van der Waals surface area contributed by atoms with Crippen molar-refractivity contribution < 1.29 is 14.3 Å². The highest BCUT2D eigenvalue weighted by Gasteiger charge is 2.21. The fourth-order valence-electron chi connectivity index (χ4n) is 2.25. The molecular weight excluding hydrogens is 256 g/mol. The molecular formula is C15H18N2O3. The monoisotopic (exact) mass is 274 g/mol. The topological polar surface area (TPSA) is 62.6 Å². The van der Waals surface area contributed by atoms with Crippen LogP contribution < -0.4 is 9.47 Å². The van der Waals surface area contributed by atoms with E-state index >= 15 is 0 Å². The van der Waals surface area contributed by atoms with Gasteiger partial charge in [-0.25, -0.2) is 0 Å². The molecule has 1 aliphatic rings. The zero-order valence-electron chi connectivity index (χ0n) is 11.8. The highest BCUT2D eigenvalue weighted by molar-refractivity contribution is 5.77. The summed E-state index contributed by atoms with van der Waals surface area (Å²) in [6.45, 7) is 5.39. The van der Waals surface area contributed by atoms with E-state index in [1.54, 1.807) is 17.0 Å². The Morgan fingerprint density at radius 2 is 2.05 bits per heavy atom. The number of carbonyl (C=O) groups is 1. The number of hydrogen-bond acceptors (Lipinski definition) is 4. The molecule has 5 heteroatoms. The van der Waals surface area contributed by atoms with Gasteiger partial charge >= 0.3 is 0 Å². The summed E-state index contributed by atoms with van der Waals surface area (Å²) in [6.07, 6.45) is 0.192. The van der Waals surface area contributed by atoms with Crippen LogP contribution in [0.2, 0.25) is 0 Å². The molecule has 0 N–H and O–H groups in total. The van der Waals surface area contributed by atoms with Crippen molar-refractivity contribution in [1.29, 1.82) is 5.26 Å². The normalized spacial score (nSPS) is 13.7. The van der Waals surface area contributed by atoms with Gasteiger partial charge in [-0.15, -0.1) is 0 Å². The van der Waals surface area contributed by atoms with Crippen LogP contribution in [-0.2, 0) is 4.79 Å². The molecule has 0 saturated carbocycles. The quantitative estimate of drug-likeness (QED) is 0.826. The van der Waals surface area contributed by atoms with E-state index in [4.69, 9.17) is 9.47 Å². The molecule has 0 spiro atoms. The number of rotatable bonds is 5. The Bertz CT molecular complexity index is 532. The zero-order valence-corrected chi connectivity index (χ0v) is 11.8. The zero-order chi connectivity index (χ0) is 14.5. The van der Waals surface area contributed by atoms with E-state index in [1.807, 2.05) is 19.9 Å².